The Morgan fingerprint density at radius 3 is 2.16 bits per heavy atom. The van der Waals surface area contributed by atoms with E-state index in [1.165, 1.54) is 4.31 Å². The van der Waals surface area contributed by atoms with Crippen molar-refractivity contribution in [1.29, 1.82) is 0 Å². The predicted molar refractivity (Wildman–Crippen MR) is 74.8 cm³/mol. The van der Waals surface area contributed by atoms with Crippen molar-refractivity contribution >= 4 is 15.7 Å². The van der Waals surface area contributed by atoms with E-state index in [1.807, 2.05) is 19.1 Å². The Kier molecular flexibility index (Phi) is 3.36. The van der Waals surface area contributed by atoms with Crippen LogP contribution in [0.1, 0.15) is 17.0 Å². The summed E-state index contributed by atoms with van der Waals surface area (Å²) in [5.74, 6) is 0. The minimum absolute atomic E-state index is 0.246. The van der Waals surface area contributed by atoms with Crippen LogP contribution in [0, 0.1) is 20.8 Å². The first-order chi connectivity index (χ1) is 8.84. The average molecular weight is 279 g/mol. The van der Waals surface area contributed by atoms with Gasteiger partial charge in [0.15, 0.2) is 0 Å². The van der Waals surface area contributed by atoms with Crippen LogP contribution in [0.2, 0.25) is 0 Å². The molecule has 2 aromatic rings. The van der Waals surface area contributed by atoms with E-state index in [2.05, 4.69) is 10.2 Å². The zero-order chi connectivity index (χ0) is 14.2. The highest BCUT2D eigenvalue weighted by molar-refractivity contribution is 7.92. The van der Waals surface area contributed by atoms with E-state index in [0.29, 0.717) is 17.1 Å². The van der Waals surface area contributed by atoms with Gasteiger partial charge in [0.25, 0.3) is 10.0 Å². The molecule has 102 valence electrons. The molecule has 0 spiro atoms. The highest BCUT2D eigenvalue weighted by Gasteiger charge is 2.27. The van der Waals surface area contributed by atoms with Crippen molar-refractivity contribution < 1.29 is 8.42 Å². The highest BCUT2D eigenvalue weighted by atomic mass is 32.2. The SMILES string of the molecule is Cc1ccc(N(C)S(=O)(=O)c2c(C)n[nH]c2C)cc1. The molecule has 0 aliphatic heterocycles. The minimum Gasteiger partial charge on any atom is -0.281 e. The first kappa shape index (κ1) is 13.6. The van der Waals surface area contributed by atoms with Crippen molar-refractivity contribution in [2.75, 3.05) is 11.4 Å². The quantitative estimate of drug-likeness (QED) is 0.936. The average Bonchev–Trinajstić information content (AvgIpc) is 2.69. The summed E-state index contributed by atoms with van der Waals surface area (Å²) in [4.78, 5) is 0.246. The fraction of sp³-hybridized carbons (Fsp3) is 0.308. The van der Waals surface area contributed by atoms with Gasteiger partial charge in [0.1, 0.15) is 4.90 Å². The van der Waals surface area contributed by atoms with Crippen molar-refractivity contribution in [3.8, 4) is 0 Å². The summed E-state index contributed by atoms with van der Waals surface area (Å²) in [6, 6.07) is 7.35. The molecule has 0 atom stereocenters. The molecule has 0 fully saturated rings. The lowest BCUT2D eigenvalue weighted by Gasteiger charge is -2.19. The number of rotatable bonds is 3. The molecule has 1 N–H and O–H groups in total. The van der Waals surface area contributed by atoms with E-state index >= 15 is 0 Å². The molecule has 6 heteroatoms. The second-order valence-electron chi connectivity index (χ2n) is 4.57. The largest absolute Gasteiger partial charge is 0.281 e. The van der Waals surface area contributed by atoms with Gasteiger partial charge in [-0.15, -0.1) is 0 Å². The Labute approximate surface area is 113 Å². The molecular formula is C13H17N3O2S. The van der Waals surface area contributed by atoms with Crippen LogP contribution in [0.3, 0.4) is 0 Å². The van der Waals surface area contributed by atoms with Gasteiger partial charge in [0.2, 0.25) is 0 Å². The van der Waals surface area contributed by atoms with E-state index in [-0.39, 0.29) is 4.90 Å². The monoisotopic (exact) mass is 279 g/mol. The summed E-state index contributed by atoms with van der Waals surface area (Å²) in [6.45, 7) is 5.35. The number of aryl methyl sites for hydroxylation is 3. The fourth-order valence-corrected chi connectivity index (χ4v) is 3.48. The molecule has 0 saturated heterocycles. The number of aromatic nitrogens is 2. The van der Waals surface area contributed by atoms with Crippen LogP contribution in [-0.2, 0) is 10.0 Å². The molecule has 19 heavy (non-hydrogen) atoms. The molecule has 1 heterocycles. The smallest absolute Gasteiger partial charge is 0.267 e. The number of aromatic amines is 1. The van der Waals surface area contributed by atoms with E-state index in [4.69, 9.17) is 0 Å². The summed E-state index contributed by atoms with van der Waals surface area (Å²) >= 11 is 0. The Balaban J connectivity index is 2.48. The van der Waals surface area contributed by atoms with Gasteiger partial charge in [-0.3, -0.25) is 9.40 Å². The number of hydrogen-bond donors (Lipinski definition) is 1. The third-order valence-electron chi connectivity index (χ3n) is 3.08. The third-order valence-corrected chi connectivity index (χ3v) is 5.13. The van der Waals surface area contributed by atoms with Crippen LogP contribution < -0.4 is 4.31 Å². The molecule has 0 unspecified atom stereocenters. The first-order valence-electron chi connectivity index (χ1n) is 5.91. The van der Waals surface area contributed by atoms with Gasteiger partial charge >= 0.3 is 0 Å². The molecule has 0 aliphatic carbocycles. The van der Waals surface area contributed by atoms with Crippen LogP contribution in [0.25, 0.3) is 0 Å². The minimum atomic E-state index is -3.58. The van der Waals surface area contributed by atoms with Crippen molar-refractivity contribution in [1.82, 2.24) is 10.2 Å². The number of sulfonamides is 1. The van der Waals surface area contributed by atoms with E-state index < -0.39 is 10.0 Å². The second kappa shape index (κ2) is 4.70. The number of anilines is 1. The van der Waals surface area contributed by atoms with Crippen molar-refractivity contribution in [2.24, 2.45) is 0 Å². The third kappa shape index (κ3) is 2.35. The first-order valence-corrected chi connectivity index (χ1v) is 7.35. The molecule has 1 aromatic carbocycles. The number of nitrogens with one attached hydrogen (secondary N) is 1. The molecule has 0 radical (unpaired) electrons. The number of benzene rings is 1. The van der Waals surface area contributed by atoms with E-state index in [9.17, 15) is 8.42 Å². The Morgan fingerprint density at radius 2 is 1.68 bits per heavy atom. The Hall–Kier alpha value is -1.82. The maximum Gasteiger partial charge on any atom is 0.267 e. The summed E-state index contributed by atoms with van der Waals surface area (Å²) < 4.78 is 26.4. The molecule has 0 amide bonds. The normalized spacial score (nSPS) is 11.6. The Bertz CT molecular complexity index is 668. The maximum atomic E-state index is 12.6. The van der Waals surface area contributed by atoms with Crippen LogP contribution >= 0.6 is 0 Å². The second-order valence-corrected chi connectivity index (χ2v) is 6.48. The molecular weight excluding hydrogens is 262 g/mol. The summed E-state index contributed by atoms with van der Waals surface area (Å²) in [5, 5.41) is 6.64. The van der Waals surface area contributed by atoms with E-state index in [1.54, 1.807) is 33.0 Å². The highest BCUT2D eigenvalue weighted by Crippen LogP contribution is 2.25. The molecule has 0 bridgehead atoms. The number of nitrogens with zero attached hydrogens (tertiary/aromatic N) is 2. The summed E-state index contributed by atoms with van der Waals surface area (Å²) in [7, 11) is -2.04. The molecule has 1 aromatic heterocycles. The zero-order valence-electron chi connectivity index (χ0n) is 11.4. The van der Waals surface area contributed by atoms with Crippen LogP contribution in [-0.4, -0.2) is 25.7 Å². The van der Waals surface area contributed by atoms with Gasteiger partial charge in [-0.2, -0.15) is 5.10 Å². The van der Waals surface area contributed by atoms with Crippen molar-refractivity contribution in [2.45, 2.75) is 25.7 Å². The van der Waals surface area contributed by atoms with Gasteiger partial charge in [0.05, 0.1) is 17.1 Å². The number of H-pyrrole nitrogens is 1. The zero-order valence-corrected chi connectivity index (χ0v) is 12.2. The van der Waals surface area contributed by atoms with Gasteiger partial charge in [0, 0.05) is 7.05 Å². The lowest BCUT2D eigenvalue weighted by molar-refractivity contribution is 0.593. The van der Waals surface area contributed by atoms with Crippen LogP contribution in [0.4, 0.5) is 5.69 Å². The van der Waals surface area contributed by atoms with E-state index in [0.717, 1.165) is 5.56 Å². The lowest BCUT2D eigenvalue weighted by atomic mass is 10.2. The summed E-state index contributed by atoms with van der Waals surface area (Å²) in [6.07, 6.45) is 0. The van der Waals surface area contributed by atoms with Gasteiger partial charge in [-0.25, -0.2) is 8.42 Å². The lowest BCUT2D eigenvalue weighted by Crippen LogP contribution is -2.27. The van der Waals surface area contributed by atoms with Gasteiger partial charge in [-0.05, 0) is 32.9 Å². The maximum absolute atomic E-state index is 12.6. The molecule has 2 rings (SSSR count). The standard InChI is InChI=1S/C13H17N3O2S/c1-9-5-7-12(8-6-9)16(4)19(17,18)13-10(2)14-15-11(13)3/h5-8H,1-4H3,(H,14,15). The van der Waals surface area contributed by atoms with Gasteiger partial charge in [-0.1, -0.05) is 17.7 Å². The topological polar surface area (TPSA) is 66.1 Å². The number of hydrogen-bond acceptors (Lipinski definition) is 3. The Morgan fingerprint density at radius 1 is 1.11 bits per heavy atom. The van der Waals surface area contributed by atoms with Crippen LogP contribution in [0.15, 0.2) is 29.2 Å². The summed E-state index contributed by atoms with van der Waals surface area (Å²) in [5.41, 5.74) is 2.75. The fourth-order valence-electron chi connectivity index (χ4n) is 1.95. The van der Waals surface area contributed by atoms with Crippen molar-refractivity contribution in [3.63, 3.8) is 0 Å². The molecule has 5 nitrogen and oxygen atoms in total. The molecule has 0 aliphatic rings. The van der Waals surface area contributed by atoms with Gasteiger partial charge < -0.3 is 0 Å². The van der Waals surface area contributed by atoms with Crippen molar-refractivity contribution in [3.05, 3.63) is 41.2 Å². The molecule has 0 saturated carbocycles. The predicted octanol–water partition coefficient (Wildman–Crippen LogP) is 2.16. The van der Waals surface area contributed by atoms with Crippen LogP contribution in [0.5, 0.6) is 0 Å².